The number of aromatic nitrogens is 2. The lowest BCUT2D eigenvalue weighted by Crippen LogP contribution is -2.21. The highest BCUT2D eigenvalue weighted by Gasteiger charge is 2.32. The molecule has 0 saturated carbocycles. The maximum atomic E-state index is 5.70. The second kappa shape index (κ2) is 4.35. The maximum Gasteiger partial charge on any atom is 0.163 e. The van der Waals surface area contributed by atoms with Gasteiger partial charge in [-0.1, -0.05) is 0 Å². The van der Waals surface area contributed by atoms with Crippen molar-refractivity contribution in [3.8, 4) is 0 Å². The number of hydrogen-bond acceptors (Lipinski definition) is 5. The molecule has 2 heterocycles. The van der Waals surface area contributed by atoms with Crippen molar-refractivity contribution in [2.75, 3.05) is 12.3 Å². The third kappa shape index (κ3) is 2.90. The van der Waals surface area contributed by atoms with Crippen LogP contribution in [0.5, 0.6) is 0 Å². The highest BCUT2D eigenvalue weighted by Crippen LogP contribution is 2.24. The molecule has 0 aliphatic carbocycles. The van der Waals surface area contributed by atoms with Gasteiger partial charge in [0.2, 0.25) is 0 Å². The van der Waals surface area contributed by atoms with Crippen molar-refractivity contribution in [2.24, 2.45) is 0 Å². The van der Waals surface area contributed by atoms with Crippen molar-refractivity contribution in [3.63, 3.8) is 0 Å². The molecular formula is C11H17N3O2. The largest absolute Gasteiger partial charge is 0.382 e. The van der Waals surface area contributed by atoms with Gasteiger partial charge in [-0.05, 0) is 26.7 Å². The van der Waals surface area contributed by atoms with Gasteiger partial charge in [0, 0.05) is 6.20 Å². The summed E-state index contributed by atoms with van der Waals surface area (Å²) in [4.78, 5) is 8.19. The summed E-state index contributed by atoms with van der Waals surface area (Å²) >= 11 is 0. The SMILES string of the molecule is CC1(C)OC[C@@H](CCc2cncc(N)n2)O1. The Balaban J connectivity index is 1.84. The molecule has 0 aromatic carbocycles. The Morgan fingerprint density at radius 3 is 2.94 bits per heavy atom. The van der Waals surface area contributed by atoms with Crippen LogP contribution in [0.2, 0.25) is 0 Å². The van der Waals surface area contributed by atoms with E-state index in [0.717, 1.165) is 18.5 Å². The van der Waals surface area contributed by atoms with Crippen molar-refractivity contribution in [3.05, 3.63) is 18.1 Å². The van der Waals surface area contributed by atoms with E-state index in [1.807, 2.05) is 13.8 Å². The van der Waals surface area contributed by atoms with Gasteiger partial charge in [0.1, 0.15) is 5.82 Å². The molecule has 0 unspecified atom stereocenters. The number of anilines is 1. The molecule has 1 atom stereocenters. The van der Waals surface area contributed by atoms with E-state index in [1.165, 1.54) is 0 Å². The van der Waals surface area contributed by atoms with Crippen molar-refractivity contribution in [1.82, 2.24) is 9.97 Å². The topological polar surface area (TPSA) is 70.3 Å². The average molecular weight is 223 g/mol. The molecule has 1 aliphatic rings. The van der Waals surface area contributed by atoms with Crippen LogP contribution in [0.15, 0.2) is 12.4 Å². The Kier molecular flexibility index (Phi) is 3.07. The van der Waals surface area contributed by atoms with E-state index in [-0.39, 0.29) is 6.10 Å². The third-order valence-electron chi connectivity index (χ3n) is 2.49. The molecule has 1 fully saturated rings. The summed E-state index contributed by atoms with van der Waals surface area (Å²) in [5, 5.41) is 0. The molecule has 1 aromatic heterocycles. The van der Waals surface area contributed by atoms with E-state index in [9.17, 15) is 0 Å². The second-order valence-corrected chi connectivity index (χ2v) is 4.42. The molecule has 1 aromatic rings. The molecule has 2 rings (SSSR count). The summed E-state index contributed by atoms with van der Waals surface area (Å²) in [7, 11) is 0. The van der Waals surface area contributed by atoms with Crippen LogP contribution in [0.4, 0.5) is 5.82 Å². The monoisotopic (exact) mass is 223 g/mol. The van der Waals surface area contributed by atoms with Crippen LogP contribution in [0.25, 0.3) is 0 Å². The smallest absolute Gasteiger partial charge is 0.163 e. The Labute approximate surface area is 95.0 Å². The van der Waals surface area contributed by atoms with Crippen molar-refractivity contribution < 1.29 is 9.47 Å². The molecule has 0 amide bonds. The average Bonchev–Trinajstić information content (AvgIpc) is 2.56. The Bertz CT molecular complexity index is 368. The fourth-order valence-electron chi connectivity index (χ4n) is 1.76. The van der Waals surface area contributed by atoms with Crippen molar-refractivity contribution in [1.29, 1.82) is 0 Å². The van der Waals surface area contributed by atoms with Gasteiger partial charge in [0.05, 0.1) is 24.6 Å². The zero-order valence-electron chi connectivity index (χ0n) is 9.64. The number of nitrogen functional groups attached to an aromatic ring is 1. The normalized spacial score (nSPS) is 23.5. The predicted octanol–water partition coefficient (Wildman–Crippen LogP) is 1.14. The number of aryl methyl sites for hydroxylation is 1. The predicted molar refractivity (Wildman–Crippen MR) is 59.7 cm³/mol. The number of rotatable bonds is 3. The fraction of sp³-hybridized carbons (Fsp3) is 0.636. The summed E-state index contributed by atoms with van der Waals surface area (Å²) < 4.78 is 11.2. The lowest BCUT2D eigenvalue weighted by atomic mass is 10.1. The van der Waals surface area contributed by atoms with Crippen molar-refractivity contribution >= 4 is 5.82 Å². The van der Waals surface area contributed by atoms with Crippen LogP contribution in [0.3, 0.4) is 0 Å². The zero-order chi connectivity index (χ0) is 11.6. The standard InChI is InChI=1S/C11H17N3O2/c1-11(2)15-7-9(16-11)4-3-8-5-13-6-10(12)14-8/h5-6,9H,3-4,7H2,1-2H3,(H2,12,14)/t9-/m1/s1. The first-order valence-corrected chi connectivity index (χ1v) is 5.43. The van der Waals surface area contributed by atoms with Gasteiger partial charge in [-0.25, -0.2) is 4.98 Å². The first kappa shape index (κ1) is 11.3. The molecular weight excluding hydrogens is 206 g/mol. The Morgan fingerprint density at radius 1 is 1.50 bits per heavy atom. The summed E-state index contributed by atoms with van der Waals surface area (Å²) in [6.45, 7) is 4.49. The minimum absolute atomic E-state index is 0.137. The van der Waals surface area contributed by atoms with Crippen LogP contribution in [0.1, 0.15) is 26.0 Å². The first-order chi connectivity index (χ1) is 7.55. The third-order valence-corrected chi connectivity index (χ3v) is 2.49. The molecule has 5 heteroatoms. The number of hydrogen-bond donors (Lipinski definition) is 1. The van der Waals surface area contributed by atoms with Gasteiger partial charge in [0.15, 0.2) is 5.79 Å². The molecule has 88 valence electrons. The Morgan fingerprint density at radius 2 is 2.31 bits per heavy atom. The molecule has 0 radical (unpaired) electrons. The summed E-state index contributed by atoms with van der Waals surface area (Å²) in [6.07, 6.45) is 5.10. The second-order valence-electron chi connectivity index (χ2n) is 4.42. The van der Waals surface area contributed by atoms with E-state index in [2.05, 4.69) is 9.97 Å². The van der Waals surface area contributed by atoms with Gasteiger partial charge < -0.3 is 15.2 Å². The van der Waals surface area contributed by atoms with E-state index >= 15 is 0 Å². The fourth-order valence-corrected chi connectivity index (χ4v) is 1.76. The molecule has 5 nitrogen and oxygen atoms in total. The van der Waals surface area contributed by atoms with Gasteiger partial charge >= 0.3 is 0 Å². The highest BCUT2D eigenvalue weighted by atomic mass is 16.7. The van der Waals surface area contributed by atoms with Gasteiger partial charge in [-0.15, -0.1) is 0 Å². The van der Waals surface area contributed by atoms with E-state index in [4.69, 9.17) is 15.2 Å². The Hall–Kier alpha value is -1.20. The summed E-state index contributed by atoms with van der Waals surface area (Å²) in [6, 6.07) is 0. The van der Waals surface area contributed by atoms with Gasteiger partial charge in [-0.2, -0.15) is 0 Å². The molecule has 1 saturated heterocycles. The number of nitrogens with two attached hydrogens (primary N) is 1. The van der Waals surface area contributed by atoms with Crippen molar-refractivity contribution in [2.45, 2.75) is 38.6 Å². The van der Waals surface area contributed by atoms with Gasteiger partial charge in [-0.3, -0.25) is 4.98 Å². The van der Waals surface area contributed by atoms with Crippen LogP contribution in [-0.2, 0) is 15.9 Å². The zero-order valence-corrected chi connectivity index (χ0v) is 9.64. The maximum absolute atomic E-state index is 5.70. The van der Waals surface area contributed by atoms with E-state index in [0.29, 0.717) is 12.4 Å². The highest BCUT2D eigenvalue weighted by molar-refractivity contribution is 5.23. The quantitative estimate of drug-likeness (QED) is 0.832. The van der Waals surface area contributed by atoms with Gasteiger partial charge in [0.25, 0.3) is 0 Å². The van der Waals surface area contributed by atoms with Crippen LogP contribution >= 0.6 is 0 Å². The molecule has 0 bridgehead atoms. The lowest BCUT2D eigenvalue weighted by molar-refractivity contribution is -0.138. The van der Waals surface area contributed by atoms with E-state index in [1.54, 1.807) is 12.4 Å². The number of ether oxygens (including phenoxy) is 2. The first-order valence-electron chi connectivity index (χ1n) is 5.43. The molecule has 2 N–H and O–H groups in total. The minimum atomic E-state index is -0.452. The minimum Gasteiger partial charge on any atom is -0.382 e. The van der Waals surface area contributed by atoms with Crippen LogP contribution in [-0.4, -0.2) is 28.5 Å². The van der Waals surface area contributed by atoms with Crippen LogP contribution < -0.4 is 5.73 Å². The summed E-state index contributed by atoms with van der Waals surface area (Å²) in [5.74, 6) is 0.00733. The molecule has 16 heavy (non-hydrogen) atoms. The molecule has 0 spiro atoms. The lowest BCUT2D eigenvalue weighted by Gasteiger charge is -2.16. The number of nitrogens with zero attached hydrogens (tertiary/aromatic N) is 2. The van der Waals surface area contributed by atoms with E-state index < -0.39 is 5.79 Å². The summed E-state index contributed by atoms with van der Waals surface area (Å²) in [5.41, 5.74) is 6.45. The van der Waals surface area contributed by atoms with Crippen LogP contribution in [0, 0.1) is 0 Å². The molecule has 1 aliphatic heterocycles.